The number of nitrogens with one attached hydrogen (secondary N) is 2. The topological polar surface area (TPSA) is 65.2 Å². The van der Waals surface area contributed by atoms with Crippen LogP contribution in [0.25, 0.3) is 11.1 Å². The zero-order valence-electron chi connectivity index (χ0n) is 13.5. The van der Waals surface area contributed by atoms with Crippen molar-refractivity contribution in [3.63, 3.8) is 0 Å². The zero-order chi connectivity index (χ0) is 16.4. The first-order chi connectivity index (χ1) is 11.1. The van der Waals surface area contributed by atoms with E-state index in [9.17, 15) is 9.59 Å². The van der Waals surface area contributed by atoms with Crippen molar-refractivity contribution in [3.05, 3.63) is 57.5 Å². The number of pyridine rings is 1. The summed E-state index contributed by atoms with van der Waals surface area (Å²) in [5.41, 5.74) is 4.26. The van der Waals surface area contributed by atoms with Crippen LogP contribution < -0.4 is 10.9 Å². The highest BCUT2D eigenvalue weighted by Crippen LogP contribution is 2.22. The van der Waals surface area contributed by atoms with Crippen molar-refractivity contribution in [2.75, 3.05) is 26.2 Å². The monoisotopic (exact) mass is 311 g/mol. The number of aromatic amines is 1. The fourth-order valence-electron chi connectivity index (χ4n) is 2.89. The minimum atomic E-state index is -0.0732. The molecule has 3 rings (SSSR count). The summed E-state index contributed by atoms with van der Waals surface area (Å²) < 4.78 is 0. The van der Waals surface area contributed by atoms with E-state index in [4.69, 9.17) is 0 Å². The maximum atomic E-state index is 12.6. The summed E-state index contributed by atoms with van der Waals surface area (Å²) in [6, 6.07) is 7.69. The molecule has 1 saturated heterocycles. The molecule has 1 aromatic heterocycles. The average Bonchev–Trinajstić information content (AvgIpc) is 2.57. The van der Waals surface area contributed by atoms with E-state index < -0.39 is 0 Å². The molecule has 1 fully saturated rings. The Morgan fingerprint density at radius 2 is 1.74 bits per heavy atom. The van der Waals surface area contributed by atoms with E-state index in [2.05, 4.69) is 10.3 Å². The number of carbonyl (C=O) groups excluding carboxylic acids is 1. The van der Waals surface area contributed by atoms with Crippen LogP contribution in [0.4, 0.5) is 0 Å². The minimum absolute atomic E-state index is 0.0732. The van der Waals surface area contributed by atoms with Gasteiger partial charge in [0.2, 0.25) is 0 Å². The maximum absolute atomic E-state index is 12.6. The van der Waals surface area contributed by atoms with Gasteiger partial charge >= 0.3 is 0 Å². The molecule has 0 aliphatic carbocycles. The van der Waals surface area contributed by atoms with E-state index in [1.165, 1.54) is 0 Å². The van der Waals surface area contributed by atoms with E-state index in [0.29, 0.717) is 5.56 Å². The number of rotatable bonds is 2. The Hall–Kier alpha value is -2.40. The van der Waals surface area contributed by atoms with Crippen molar-refractivity contribution in [2.45, 2.75) is 13.8 Å². The van der Waals surface area contributed by atoms with Crippen LogP contribution in [-0.4, -0.2) is 42.0 Å². The molecule has 0 spiro atoms. The number of benzene rings is 1. The molecular weight excluding hydrogens is 290 g/mol. The first-order valence-electron chi connectivity index (χ1n) is 7.86. The third kappa shape index (κ3) is 3.19. The fourth-order valence-corrected chi connectivity index (χ4v) is 2.89. The van der Waals surface area contributed by atoms with Gasteiger partial charge in [-0.15, -0.1) is 0 Å². The molecule has 1 aliphatic heterocycles. The third-order valence-corrected chi connectivity index (χ3v) is 4.28. The molecule has 0 atom stereocenters. The Balaban J connectivity index is 1.89. The molecule has 2 heterocycles. The molecule has 1 aliphatic rings. The normalized spacial score (nSPS) is 14.8. The molecule has 2 aromatic rings. The van der Waals surface area contributed by atoms with E-state index in [0.717, 1.165) is 48.4 Å². The second-order valence-corrected chi connectivity index (χ2v) is 5.97. The first-order valence-corrected chi connectivity index (χ1v) is 7.86. The molecule has 1 aromatic carbocycles. The van der Waals surface area contributed by atoms with Gasteiger partial charge < -0.3 is 15.2 Å². The lowest BCUT2D eigenvalue weighted by molar-refractivity contribution is 0.0735. The molecule has 0 radical (unpaired) electrons. The molecule has 2 N–H and O–H groups in total. The van der Waals surface area contributed by atoms with E-state index in [-0.39, 0.29) is 11.5 Å². The van der Waals surface area contributed by atoms with Crippen LogP contribution in [0.5, 0.6) is 0 Å². The molecular formula is C18H21N3O2. The summed E-state index contributed by atoms with van der Waals surface area (Å²) in [6.07, 6.45) is 1.71. The van der Waals surface area contributed by atoms with Crippen LogP contribution in [0.1, 0.15) is 21.5 Å². The highest BCUT2D eigenvalue weighted by Gasteiger charge is 2.19. The van der Waals surface area contributed by atoms with Crippen LogP contribution in [0.3, 0.4) is 0 Å². The van der Waals surface area contributed by atoms with Gasteiger partial charge in [-0.2, -0.15) is 0 Å². The van der Waals surface area contributed by atoms with Crippen molar-refractivity contribution in [2.24, 2.45) is 0 Å². The Bertz CT molecular complexity index is 789. The van der Waals surface area contributed by atoms with E-state index in [1.54, 1.807) is 13.1 Å². The van der Waals surface area contributed by atoms with Gasteiger partial charge in [-0.05, 0) is 42.7 Å². The number of piperazine rings is 1. The number of amides is 1. The van der Waals surface area contributed by atoms with Crippen molar-refractivity contribution >= 4 is 5.91 Å². The number of hydrogen-bond acceptors (Lipinski definition) is 3. The molecule has 120 valence electrons. The Labute approximate surface area is 135 Å². The van der Waals surface area contributed by atoms with Crippen molar-refractivity contribution < 1.29 is 4.79 Å². The van der Waals surface area contributed by atoms with Crippen LogP contribution in [0.15, 0.2) is 35.3 Å². The standard InChI is InChI=1S/C18H21N3O2/c1-12-9-14(15-10-13(2)17(22)20-11-15)3-4-16(12)18(23)21-7-5-19-6-8-21/h3-4,9-11,19H,5-8H2,1-2H3,(H,20,22). The molecule has 23 heavy (non-hydrogen) atoms. The van der Waals surface area contributed by atoms with Gasteiger partial charge in [0.1, 0.15) is 0 Å². The number of aromatic nitrogens is 1. The molecule has 1 amide bonds. The lowest BCUT2D eigenvalue weighted by atomic mass is 9.99. The lowest BCUT2D eigenvalue weighted by Gasteiger charge is -2.28. The summed E-state index contributed by atoms with van der Waals surface area (Å²) in [6.45, 7) is 6.94. The van der Waals surface area contributed by atoms with Gasteiger partial charge in [-0.3, -0.25) is 9.59 Å². The van der Waals surface area contributed by atoms with Gasteiger partial charge in [0, 0.05) is 43.5 Å². The summed E-state index contributed by atoms with van der Waals surface area (Å²) in [7, 11) is 0. The van der Waals surface area contributed by atoms with Crippen molar-refractivity contribution in [3.8, 4) is 11.1 Å². The predicted octanol–water partition coefficient (Wildman–Crippen LogP) is 1.70. The predicted molar refractivity (Wildman–Crippen MR) is 90.7 cm³/mol. The number of carbonyl (C=O) groups is 1. The van der Waals surface area contributed by atoms with Gasteiger partial charge in [0.25, 0.3) is 11.5 Å². The average molecular weight is 311 g/mol. The second-order valence-electron chi connectivity index (χ2n) is 5.97. The summed E-state index contributed by atoms with van der Waals surface area (Å²) in [4.78, 5) is 28.7. The molecule has 5 nitrogen and oxygen atoms in total. The van der Waals surface area contributed by atoms with E-state index >= 15 is 0 Å². The maximum Gasteiger partial charge on any atom is 0.254 e. The number of nitrogens with zero attached hydrogens (tertiary/aromatic N) is 1. The largest absolute Gasteiger partial charge is 0.336 e. The first kappa shape index (κ1) is 15.5. The minimum Gasteiger partial charge on any atom is -0.336 e. The highest BCUT2D eigenvalue weighted by atomic mass is 16.2. The summed E-state index contributed by atoms with van der Waals surface area (Å²) in [5, 5.41) is 3.25. The van der Waals surface area contributed by atoms with Crippen LogP contribution in [0.2, 0.25) is 0 Å². The zero-order valence-corrected chi connectivity index (χ0v) is 13.5. The number of H-pyrrole nitrogens is 1. The summed E-state index contributed by atoms with van der Waals surface area (Å²) >= 11 is 0. The number of hydrogen-bond donors (Lipinski definition) is 2. The Morgan fingerprint density at radius 1 is 1.04 bits per heavy atom. The Kier molecular flexibility index (Phi) is 4.30. The van der Waals surface area contributed by atoms with Gasteiger partial charge in [-0.25, -0.2) is 0 Å². The van der Waals surface area contributed by atoms with Crippen LogP contribution >= 0.6 is 0 Å². The van der Waals surface area contributed by atoms with Crippen LogP contribution in [0, 0.1) is 13.8 Å². The highest BCUT2D eigenvalue weighted by molar-refractivity contribution is 5.96. The second kappa shape index (κ2) is 6.38. The molecule has 0 bridgehead atoms. The summed E-state index contributed by atoms with van der Waals surface area (Å²) in [5.74, 6) is 0.0909. The smallest absolute Gasteiger partial charge is 0.254 e. The molecule has 5 heteroatoms. The van der Waals surface area contributed by atoms with Crippen molar-refractivity contribution in [1.29, 1.82) is 0 Å². The van der Waals surface area contributed by atoms with Crippen LogP contribution in [-0.2, 0) is 0 Å². The van der Waals surface area contributed by atoms with Gasteiger partial charge in [-0.1, -0.05) is 12.1 Å². The molecule has 0 unspecified atom stereocenters. The van der Waals surface area contributed by atoms with Gasteiger partial charge in [0.15, 0.2) is 0 Å². The van der Waals surface area contributed by atoms with E-state index in [1.807, 2.05) is 36.1 Å². The van der Waals surface area contributed by atoms with Crippen molar-refractivity contribution in [1.82, 2.24) is 15.2 Å². The Morgan fingerprint density at radius 3 is 2.39 bits per heavy atom. The SMILES string of the molecule is Cc1cc(-c2c[nH]c(=O)c(C)c2)ccc1C(=O)N1CCNCC1. The number of aryl methyl sites for hydroxylation is 2. The third-order valence-electron chi connectivity index (χ3n) is 4.28. The lowest BCUT2D eigenvalue weighted by Crippen LogP contribution is -2.46. The fraction of sp³-hybridized carbons (Fsp3) is 0.333. The van der Waals surface area contributed by atoms with Gasteiger partial charge in [0.05, 0.1) is 0 Å². The molecule has 0 saturated carbocycles. The quantitative estimate of drug-likeness (QED) is 0.887.